The van der Waals surface area contributed by atoms with E-state index in [-0.39, 0.29) is 0 Å². The summed E-state index contributed by atoms with van der Waals surface area (Å²) in [5.41, 5.74) is 5.91. The van der Waals surface area contributed by atoms with Crippen LogP contribution >= 0.6 is 0 Å². The number of nitrogens with zero attached hydrogens (tertiary/aromatic N) is 1. The Kier molecular flexibility index (Phi) is 6.44. The molecule has 1 aliphatic heterocycles. The van der Waals surface area contributed by atoms with Gasteiger partial charge in [-0.25, -0.2) is 0 Å². The van der Waals surface area contributed by atoms with E-state index in [4.69, 9.17) is 0 Å². The highest BCUT2D eigenvalue weighted by molar-refractivity contribution is 6.84. The summed E-state index contributed by atoms with van der Waals surface area (Å²) in [6.45, 7) is 14.2. The Morgan fingerprint density at radius 2 is 1.67 bits per heavy atom. The van der Waals surface area contributed by atoms with Crippen molar-refractivity contribution in [2.45, 2.75) is 96.7 Å². The zero-order valence-electron chi connectivity index (χ0n) is 19.8. The summed E-state index contributed by atoms with van der Waals surface area (Å²) in [5.74, 6) is 1.62. The summed E-state index contributed by atoms with van der Waals surface area (Å²) in [6, 6.07) is 8.51. The van der Waals surface area contributed by atoms with Crippen molar-refractivity contribution in [3.05, 3.63) is 64.0 Å². The lowest BCUT2D eigenvalue weighted by Crippen LogP contribution is -2.31. The third kappa shape index (κ3) is 4.69. The van der Waals surface area contributed by atoms with Crippen LogP contribution in [-0.4, -0.2) is 19.4 Å². The molecule has 2 aliphatic carbocycles. The highest BCUT2D eigenvalue weighted by Crippen LogP contribution is 2.40. The third-order valence-corrected chi connectivity index (χ3v) is 9.72. The minimum atomic E-state index is -1.42. The van der Waals surface area contributed by atoms with Gasteiger partial charge in [0.25, 0.3) is 0 Å². The molecule has 0 bridgehead atoms. The number of hydrogen-bond donors (Lipinski definition) is 0. The van der Waals surface area contributed by atoms with Crippen molar-refractivity contribution in [3.8, 4) is 0 Å². The molecule has 0 radical (unpaired) electrons. The monoisotopic (exact) mass is 419 g/mol. The molecule has 1 heterocycles. The van der Waals surface area contributed by atoms with Crippen LogP contribution in [0.5, 0.6) is 0 Å². The van der Waals surface area contributed by atoms with E-state index in [1.807, 2.05) is 0 Å². The largest absolute Gasteiger partial charge is 0.255 e. The highest BCUT2D eigenvalue weighted by atomic mass is 28.3. The SMILES string of the molecule is C=[N+]1C=C([Si](C)(C)C)C(CC2CCCCC2)=C[C-]1c1cc(C2CCCC2)ccc1C. The summed E-state index contributed by atoms with van der Waals surface area (Å²) in [4.78, 5) is 0. The van der Waals surface area contributed by atoms with Gasteiger partial charge >= 0.3 is 0 Å². The van der Waals surface area contributed by atoms with Crippen molar-refractivity contribution in [1.29, 1.82) is 0 Å². The van der Waals surface area contributed by atoms with Crippen molar-refractivity contribution in [2.24, 2.45) is 5.92 Å². The number of rotatable bonds is 5. The number of allylic oxidation sites excluding steroid dienone is 2. The molecule has 0 atom stereocenters. The van der Waals surface area contributed by atoms with Crippen LogP contribution in [-0.2, 0) is 0 Å². The number of benzene rings is 1. The second-order valence-electron chi connectivity index (χ2n) is 11.1. The first-order valence-electron chi connectivity index (χ1n) is 12.3. The fourth-order valence-electron chi connectivity index (χ4n) is 5.84. The van der Waals surface area contributed by atoms with Gasteiger partial charge in [-0.2, -0.15) is 0 Å². The van der Waals surface area contributed by atoms with Crippen molar-refractivity contribution < 1.29 is 4.58 Å². The Hall–Kier alpha value is -1.54. The van der Waals surface area contributed by atoms with Gasteiger partial charge in [-0.05, 0) is 47.9 Å². The van der Waals surface area contributed by atoms with E-state index in [9.17, 15) is 0 Å². The molecule has 0 aromatic heterocycles. The predicted molar refractivity (Wildman–Crippen MR) is 133 cm³/mol. The van der Waals surface area contributed by atoms with Crippen LogP contribution in [0.2, 0.25) is 19.6 Å². The molecule has 0 N–H and O–H groups in total. The second kappa shape index (κ2) is 8.90. The van der Waals surface area contributed by atoms with Gasteiger partial charge in [-0.1, -0.05) is 106 Å². The van der Waals surface area contributed by atoms with E-state index in [1.54, 1.807) is 10.8 Å². The van der Waals surface area contributed by atoms with Gasteiger partial charge in [-0.15, -0.1) is 0 Å². The fraction of sp³-hybridized carbons (Fsp3) is 0.571. The molecule has 4 rings (SSSR count). The molecule has 0 saturated heterocycles. The van der Waals surface area contributed by atoms with Crippen molar-refractivity contribution in [3.63, 3.8) is 0 Å². The van der Waals surface area contributed by atoms with Gasteiger partial charge < -0.3 is 0 Å². The van der Waals surface area contributed by atoms with Crippen LogP contribution in [0.15, 0.2) is 41.2 Å². The van der Waals surface area contributed by atoms with E-state index in [2.05, 4.69) is 68.3 Å². The molecule has 1 aromatic rings. The van der Waals surface area contributed by atoms with Crippen molar-refractivity contribution in [2.75, 3.05) is 0 Å². The van der Waals surface area contributed by atoms with Gasteiger partial charge in [0.15, 0.2) is 0 Å². The molecule has 0 spiro atoms. The molecule has 162 valence electrons. The minimum absolute atomic E-state index is 0.755. The topological polar surface area (TPSA) is 3.01 Å². The van der Waals surface area contributed by atoms with E-state index in [0.717, 1.165) is 11.8 Å². The van der Waals surface area contributed by atoms with Gasteiger partial charge in [0.2, 0.25) is 0 Å². The Morgan fingerprint density at radius 3 is 2.33 bits per heavy atom. The summed E-state index contributed by atoms with van der Waals surface area (Å²) in [7, 11) is -1.42. The summed E-state index contributed by atoms with van der Waals surface area (Å²) >= 11 is 0. The molecule has 2 heteroatoms. The number of aryl methyl sites for hydroxylation is 1. The zero-order chi connectivity index (χ0) is 21.3. The Labute approximate surface area is 186 Å². The quantitative estimate of drug-likeness (QED) is 0.259. The fourth-order valence-corrected chi connectivity index (χ4v) is 7.52. The maximum Gasteiger partial charge on any atom is 0.147 e. The molecule has 0 amide bonds. The van der Waals surface area contributed by atoms with Gasteiger partial charge in [0.1, 0.15) is 12.2 Å². The molecule has 3 aliphatic rings. The molecule has 2 fully saturated rings. The predicted octanol–water partition coefficient (Wildman–Crippen LogP) is 7.92. The minimum Gasteiger partial charge on any atom is -0.255 e. The smallest absolute Gasteiger partial charge is 0.147 e. The van der Waals surface area contributed by atoms with Crippen LogP contribution < -0.4 is 0 Å². The van der Waals surface area contributed by atoms with E-state index < -0.39 is 8.07 Å². The average Bonchev–Trinajstić information content (AvgIpc) is 3.24. The normalized spacial score (nSPS) is 21.7. The first-order valence-corrected chi connectivity index (χ1v) is 15.8. The van der Waals surface area contributed by atoms with Crippen LogP contribution in [0.4, 0.5) is 0 Å². The van der Waals surface area contributed by atoms with Crippen molar-refractivity contribution in [1.82, 2.24) is 0 Å². The first-order chi connectivity index (χ1) is 14.3. The lowest BCUT2D eigenvalue weighted by Gasteiger charge is -2.34. The van der Waals surface area contributed by atoms with Gasteiger partial charge in [0, 0.05) is 0 Å². The average molecular weight is 420 g/mol. The Bertz CT molecular complexity index is 842. The van der Waals surface area contributed by atoms with Crippen LogP contribution in [0, 0.1) is 18.9 Å². The Balaban J connectivity index is 1.68. The lowest BCUT2D eigenvalue weighted by molar-refractivity contribution is -0.418. The molecular weight excluding hydrogens is 378 g/mol. The second-order valence-corrected chi connectivity index (χ2v) is 16.1. The molecule has 1 nitrogen and oxygen atoms in total. The molecule has 30 heavy (non-hydrogen) atoms. The van der Waals surface area contributed by atoms with Crippen LogP contribution in [0.3, 0.4) is 0 Å². The maximum atomic E-state index is 4.47. The van der Waals surface area contributed by atoms with Crippen LogP contribution in [0.25, 0.3) is 0 Å². The third-order valence-electron chi connectivity index (χ3n) is 7.66. The molecule has 1 aromatic carbocycles. The summed E-state index contributed by atoms with van der Waals surface area (Å²) in [5, 5.41) is 1.61. The van der Waals surface area contributed by atoms with Crippen molar-refractivity contribution >= 4 is 14.8 Å². The highest BCUT2D eigenvalue weighted by Gasteiger charge is 2.31. The summed E-state index contributed by atoms with van der Waals surface area (Å²) in [6.07, 6.45) is 18.8. The molecular formula is C28H41NSi. The summed E-state index contributed by atoms with van der Waals surface area (Å²) < 4.78 is 2.18. The first kappa shape index (κ1) is 21.7. The standard InChI is InChI=1S/C28H41NSi/c1-21-15-16-24(23-13-9-10-14-23)18-26(21)27-19-25(17-22-11-7-6-8-12-22)28(20-29(27)2)30(3,4)5/h15-16,18-20,22-23H,2,6-14,17H2,1,3-5H3. The lowest BCUT2D eigenvalue weighted by atomic mass is 9.83. The molecule has 2 saturated carbocycles. The molecule has 0 unspecified atom stereocenters. The zero-order valence-corrected chi connectivity index (χ0v) is 20.8. The maximum absolute atomic E-state index is 4.47. The van der Waals surface area contributed by atoms with Crippen LogP contribution in [0.1, 0.15) is 86.8 Å². The number of hydrogen-bond acceptors (Lipinski definition) is 0. The van der Waals surface area contributed by atoms with E-state index in [1.165, 1.54) is 86.9 Å². The van der Waals surface area contributed by atoms with E-state index in [0.29, 0.717) is 0 Å². The van der Waals surface area contributed by atoms with Gasteiger partial charge in [-0.3, -0.25) is 4.58 Å². The Morgan fingerprint density at radius 1 is 1.00 bits per heavy atom. The van der Waals surface area contributed by atoms with Gasteiger partial charge in [0.05, 0.1) is 14.8 Å². The van der Waals surface area contributed by atoms with E-state index >= 15 is 0 Å².